The van der Waals surface area contributed by atoms with Gasteiger partial charge in [0.25, 0.3) is 11.8 Å². The summed E-state index contributed by atoms with van der Waals surface area (Å²) in [7, 11) is 1.57. The number of hydrogen-bond acceptors (Lipinski definition) is 4. The van der Waals surface area contributed by atoms with Crippen LogP contribution >= 0.6 is 11.6 Å². The third-order valence-corrected chi connectivity index (χ3v) is 6.18. The van der Waals surface area contributed by atoms with Gasteiger partial charge >= 0.3 is 0 Å². The molecule has 0 aromatic heterocycles. The maximum absolute atomic E-state index is 13.7. The zero-order chi connectivity index (χ0) is 22.2. The fourth-order valence-electron chi connectivity index (χ4n) is 4.39. The van der Waals surface area contributed by atoms with Gasteiger partial charge in [0.1, 0.15) is 11.4 Å². The SMILES string of the molecule is COc1ccccc1C1=C(N2CCc3ccccc32)C(=O)N(Cc2ccc(Cl)cc2)C1=O. The van der Waals surface area contributed by atoms with Crippen LogP contribution in [0.25, 0.3) is 5.57 Å². The second kappa shape index (κ2) is 8.17. The molecule has 0 bridgehead atoms. The molecule has 5 nitrogen and oxygen atoms in total. The maximum atomic E-state index is 13.7. The number of carbonyl (C=O) groups is 2. The quantitative estimate of drug-likeness (QED) is 0.536. The van der Waals surface area contributed by atoms with E-state index in [1.807, 2.05) is 53.4 Å². The van der Waals surface area contributed by atoms with Crippen molar-refractivity contribution in [2.75, 3.05) is 18.6 Å². The molecule has 2 heterocycles. The largest absolute Gasteiger partial charge is 0.496 e. The summed E-state index contributed by atoms with van der Waals surface area (Å²) in [5.74, 6) is -0.0710. The minimum absolute atomic E-state index is 0.173. The van der Waals surface area contributed by atoms with Gasteiger partial charge in [0.15, 0.2) is 0 Å². The molecule has 2 amide bonds. The molecular formula is C26H21ClN2O3. The summed E-state index contributed by atoms with van der Waals surface area (Å²) in [6.45, 7) is 0.813. The summed E-state index contributed by atoms with van der Waals surface area (Å²) >= 11 is 6.00. The van der Waals surface area contributed by atoms with E-state index in [0.29, 0.717) is 34.2 Å². The number of anilines is 1. The van der Waals surface area contributed by atoms with Crippen molar-refractivity contribution in [3.05, 3.63) is 100 Å². The molecule has 0 atom stereocenters. The molecule has 0 saturated carbocycles. The lowest BCUT2D eigenvalue weighted by Gasteiger charge is -2.22. The Morgan fingerprint density at radius 3 is 2.41 bits per heavy atom. The minimum Gasteiger partial charge on any atom is -0.496 e. The molecule has 0 unspecified atom stereocenters. The van der Waals surface area contributed by atoms with Crippen LogP contribution in [-0.2, 0) is 22.6 Å². The number of hydrogen-bond donors (Lipinski definition) is 0. The lowest BCUT2D eigenvalue weighted by Crippen LogP contribution is -2.34. The Bertz CT molecular complexity index is 1250. The van der Waals surface area contributed by atoms with Gasteiger partial charge in [-0.2, -0.15) is 0 Å². The molecule has 32 heavy (non-hydrogen) atoms. The number of halogens is 1. The Morgan fingerprint density at radius 1 is 0.906 bits per heavy atom. The zero-order valence-electron chi connectivity index (χ0n) is 17.5. The summed E-state index contributed by atoms with van der Waals surface area (Å²) in [6.07, 6.45) is 0.817. The van der Waals surface area contributed by atoms with Crippen molar-refractivity contribution in [3.63, 3.8) is 0 Å². The van der Waals surface area contributed by atoms with Gasteiger partial charge in [-0.3, -0.25) is 14.5 Å². The molecule has 0 radical (unpaired) electrons. The predicted molar refractivity (Wildman–Crippen MR) is 124 cm³/mol. The number of amides is 2. The third-order valence-electron chi connectivity index (χ3n) is 5.93. The molecule has 0 aliphatic carbocycles. The third kappa shape index (κ3) is 3.35. The number of benzene rings is 3. The van der Waals surface area contributed by atoms with Crippen LogP contribution in [0.15, 0.2) is 78.5 Å². The number of ether oxygens (including phenoxy) is 1. The van der Waals surface area contributed by atoms with Crippen LogP contribution in [0, 0.1) is 0 Å². The number of carbonyl (C=O) groups excluding carboxylic acids is 2. The average Bonchev–Trinajstić information content (AvgIpc) is 3.34. The average molecular weight is 445 g/mol. The second-order valence-corrected chi connectivity index (χ2v) is 8.21. The molecular weight excluding hydrogens is 424 g/mol. The molecule has 3 aromatic rings. The Balaban J connectivity index is 1.63. The highest BCUT2D eigenvalue weighted by Gasteiger charge is 2.44. The van der Waals surface area contributed by atoms with E-state index in [1.165, 1.54) is 4.90 Å². The number of fused-ring (bicyclic) bond motifs is 1. The fraction of sp³-hybridized carbons (Fsp3) is 0.154. The Kier molecular flexibility index (Phi) is 5.19. The molecule has 5 rings (SSSR count). The van der Waals surface area contributed by atoms with E-state index in [0.717, 1.165) is 23.2 Å². The first-order chi connectivity index (χ1) is 15.6. The van der Waals surface area contributed by atoms with E-state index in [2.05, 4.69) is 6.07 Å². The van der Waals surface area contributed by atoms with Crippen LogP contribution in [-0.4, -0.2) is 30.4 Å². The lowest BCUT2D eigenvalue weighted by atomic mass is 10.0. The monoisotopic (exact) mass is 444 g/mol. The van der Waals surface area contributed by atoms with Crippen molar-refractivity contribution in [2.24, 2.45) is 0 Å². The summed E-state index contributed by atoms with van der Waals surface area (Å²) < 4.78 is 5.54. The van der Waals surface area contributed by atoms with Crippen LogP contribution in [0.2, 0.25) is 5.02 Å². The number of methoxy groups -OCH3 is 1. The molecule has 0 N–H and O–H groups in total. The van der Waals surface area contributed by atoms with Crippen molar-refractivity contribution in [2.45, 2.75) is 13.0 Å². The maximum Gasteiger partial charge on any atom is 0.278 e. The van der Waals surface area contributed by atoms with Crippen LogP contribution in [0.4, 0.5) is 5.69 Å². The summed E-state index contributed by atoms with van der Waals surface area (Å²) in [4.78, 5) is 30.7. The van der Waals surface area contributed by atoms with Gasteiger partial charge in [0.05, 0.1) is 19.2 Å². The highest BCUT2D eigenvalue weighted by molar-refractivity contribution is 6.37. The van der Waals surface area contributed by atoms with E-state index in [1.54, 1.807) is 25.3 Å². The molecule has 2 aliphatic rings. The number of rotatable bonds is 5. The summed E-state index contributed by atoms with van der Waals surface area (Å²) in [5.41, 5.74) is 4.35. The van der Waals surface area contributed by atoms with Gasteiger partial charge in [-0.15, -0.1) is 0 Å². The Hall–Kier alpha value is -3.57. The first kappa shape index (κ1) is 20.3. The van der Waals surface area contributed by atoms with Crippen molar-refractivity contribution in [1.82, 2.24) is 4.90 Å². The molecule has 2 aliphatic heterocycles. The topological polar surface area (TPSA) is 49.9 Å². The van der Waals surface area contributed by atoms with E-state index in [9.17, 15) is 9.59 Å². The normalized spacial score (nSPS) is 15.6. The van der Waals surface area contributed by atoms with E-state index >= 15 is 0 Å². The highest BCUT2D eigenvalue weighted by atomic mass is 35.5. The summed E-state index contributed by atoms with van der Waals surface area (Å²) in [5, 5.41) is 0.607. The standard InChI is InChI=1S/C26H21ClN2O3/c1-32-22-9-5-3-7-20(22)23-24(28-15-14-18-6-2-4-8-21(18)28)26(31)29(25(23)30)16-17-10-12-19(27)13-11-17/h2-13H,14-16H2,1H3. The fourth-order valence-corrected chi connectivity index (χ4v) is 4.52. The highest BCUT2D eigenvalue weighted by Crippen LogP contribution is 2.41. The van der Waals surface area contributed by atoms with E-state index in [-0.39, 0.29) is 18.4 Å². The molecule has 3 aromatic carbocycles. The van der Waals surface area contributed by atoms with Gasteiger partial charge in [-0.1, -0.05) is 60.1 Å². The lowest BCUT2D eigenvalue weighted by molar-refractivity contribution is -0.137. The first-order valence-corrected chi connectivity index (χ1v) is 10.8. The molecule has 0 saturated heterocycles. The van der Waals surface area contributed by atoms with Crippen molar-refractivity contribution >= 4 is 34.7 Å². The van der Waals surface area contributed by atoms with Crippen molar-refractivity contribution in [3.8, 4) is 5.75 Å². The molecule has 0 spiro atoms. The van der Waals surface area contributed by atoms with E-state index in [4.69, 9.17) is 16.3 Å². The van der Waals surface area contributed by atoms with Crippen LogP contribution < -0.4 is 9.64 Å². The first-order valence-electron chi connectivity index (χ1n) is 10.4. The Labute approximate surface area is 191 Å². The van der Waals surface area contributed by atoms with Gasteiger partial charge in [-0.25, -0.2) is 0 Å². The van der Waals surface area contributed by atoms with Crippen LogP contribution in [0.3, 0.4) is 0 Å². The zero-order valence-corrected chi connectivity index (χ0v) is 18.3. The number of para-hydroxylation sites is 2. The van der Waals surface area contributed by atoms with Crippen molar-refractivity contribution < 1.29 is 14.3 Å². The van der Waals surface area contributed by atoms with Crippen LogP contribution in [0.1, 0.15) is 16.7 Å². The molecule has 160 valence electrons. The van der Waals surface area contributed by atoms with Crippen molar-refractivity contribution in [1.29, 1.82) is 0 Å². The Morgan fingerprint density at radius 2 is 1.62 bits per heavy atom. The van der Waals surface area contributed by atoms with Gasteiger partial charge < -0.3 is 9.64 Å². The van der Waals surface area contributed by atoms with Crippen LogP contribution in [0.5, 0.6) is 5.75 Å². The van der Waals surface area contributed by atoms with Gasteiger partial charge in [0.2, 0.25) is 0 Å². The predicted octanol–water partition coefficient (Wildman–Crippen LogP) is 4.69. The molecule has 0 fully saturated rings. The molecule has 6 heteroatoms. The number of nitrogens with zero attached hydrogens (tertiary/aromatic N) is 2. The van der Waals surface area contributed by atoms with Gasteiger partial charge in [0, 0.05) is 22.8 Å². The minimum atomic E-state index is -0.325. The smallest absolute Gasteiger partial charge is 0.278 e. The number of imide groups is 1. The second-order valence-electron chi connectivity index (χ2n) is 7.78. The van der Waals surface area contributed by atoms with E-state index < -0.39 is 0 Å². The van der Waals surface area contributed by atoms with Gasteiger partial charge in [-0.05, 0) is 41.8 Å². The summed E-state index contributed by atoms with van der Waals surface area (Å²) in [6, 6.07) is 22.5.